The molecule has 0 amide bonds. The lowest BCUT2D eigenvalue weighted by Gasteiger charge is -2.10. The number of benzene rings is 2. The lowest BCUT2D eigenvalue weighted by atomic mass is 10.2. The summed E-state index contributed by atoms with van der Waals surface area (Å²) in [6, 6.07) is 14.8. The topological polar surface area (TPSA) is 38.3 Å². The summed E-state index contributed by atoms with van der Waals surface area (Å²) < 4.78 is 5.34. The van der Waals surface area contributed by atoms with Crippen LogP contribution in [0.2, 0.25) is 10.0 Å². The molecule has 0 aliphatic heterocycles. The molecule has 0 unspecified atom stereocenters. The summed E-state index contributed by atoms with van der Waals surface area (Å²) >= 11 is 13.7. The second-order valence-electron chi connectivity index (χ2n) is 5.38. The van der Waals surface area contributed by atoms with Crippen LogP contribution in [0.1, 0.15) is 11.1 Å². The number of halogens is 2. The summed E-state index contributed by atoms with van der Waals surface area (Å²) in [5.74, 6) is -0.275. The fraction of sp³-hybridized carbons (Fsp3) is 0.105. The van der Waals surface area contributed by atoms with E-state index < -0.39 is 0 Å². The third-order valence-electron chi connectivity index (χ3n) is 3.52. The van der Waals surface area contributed by atoms with Gasteiger partial charge in [-0.05, 0) is 34.7 Å². The molecular formula is C19H15Cl2NO2S. The van der Waals surface area contributed by atoms with Crippen LogP contribution in [-0.4, -0.2) is 5.97 Å². The molecule has 0 atom stereocenters. The number of anilines is 2. The first kappa shape index (κ1) is 17.8. The lowest BCUT2D eigenvalue weighted by molar-refractivity contribution is -0.144. The van der Waals surface area contributed by atoms with Gasteiger partial charge in [-0.25, -0.2) is 0 Å². The first-order valence-electron chi connectivity index (χ1n) is 7.58. The fourth-order valence-electron chi connectivity index (χ4n) is 2.25. The van der Waals surface area contributed by atoms with Crippen LogP contribution in [0.25, 0.3) is 0 Å². The minimum absolute atomic E-state index is 0.191. The highest BCUT2D eigenvalue weighted by Crippen LogP contribution is 2.31. The van der Waals surface area contributed by atoms with E-state index in [-0.39, 0.29) is 19.0 Å². The molecule has 0 saturated carbocycles. The van der Waals surface area contributed by atoms with Crippen molar-refractivity contribution in [3.63, 3.8) is 0 Å². The molecule has 3 nitrogen and oxygen atoms in total. The van der Waals surface area contributed by atoms with E-state index in [9.17, 15) is 4.79 Å². The van der Waals surface area contributed by atoms with E-state index >= 15 is 0 Å². The molecule has 0 bridgehead atoms. The average molecular weight is 392 g/mol. The highest BCUT2D eigenvalue weighted by molar-refractivity contribution is 7.08. The van der Waals surface area contributed by atoms with Gasteiger partial charge in [0.1, 0.15) is 6.61 Å². The lowest BCUT2D eigenvalue weighted by Crippen LogP contribution is -2.08. The summed E-state index contributed by atoms with van der Waals surface area (Å²) in [6.45, 7) is 0.271. The number of hydrogen-bond donors (Lipinski definition) is 1. The molecule has 6 heteroatoms. The summed E-state index contributed by atoms with van der Waals surface area (Å²) in [5.41, 5.74) is 3.35. The summed E-state index contributed by atoms with van der Waals surface area (Å²) in [5, 5.41) is 8.23. The van der Waals surface area contributed by atoms with Gasteiger partial charge in [0.05, 0.1) is 22.8 Å². The Morgan fingerprint density at radius 2 is 1.84 bits per heavy atom. The summed E-state index contributed by atoms with van der Waals surface area (Å²) in [7, 11) is 0. The predicted molar refractivity (Wildman–Crippen MR) is 104 cm³/mol. The van der Waals surface area contributed by atoms with Crippen LogP contribution in [0, 0.1) is 0 Å². The quantitative estimate of drug-likeness (QED) is 0.517. The summed E-state index contributed by atoms with van der Waals surface area (Å²) in [6.07, 6.45) is 0.191. The molecule has 2 aromatic carbocycles. The number of thiophene rings is 1. The molecule has 1 aromatic heterocycles. The molecule has 3 aromatic rings. The number of carbonyl (C=O) groups excluding carboxylic acids is 1. The van der Waals surface area contributed by atoms with Crippen LogP contribution in [0.4, 0.5) is 11.4 Å². The highest BCUT2D eigenvalue weighted by Gasteiger charge is 2.12. The zero-order valence-corrected chi connectivity index (χ0v) is 15.5. The monoisotopic (exact) mass is 391 g/mol. The van der Waals surface area contributed by atoms with Gasteiger partial charge in [0, 0.05) is 10.4 Å². The van der Waals surface area contributed by atoms with Gasteiger partial charge in [0.2, 0.25) is 0 Å². The molecule has 1 heterocycles. The SMILES string of the molecule is O=C(Cc1cscc1Nc1cc(Cl)ccc1Cl)OCc1ccccc1. The number of rotatable bonds is 6. The van der Waals surface area contributed by atoms with Gasteiger partial charge < -0.3 is 10.1 Å². The Morgan fingerprint density at radius 3 is 2.64 bits per heavy atom. The molecule has 25 heavy (non-hydrogen) atoms. The van der Waals surface area contributed by atoms with E-state index in [0.717, 1.165) is 16.8 Å². The highest BCUT2D eigenvalue weighted by atomic mass is 35.5. The van der Waals surface area contributed by atoms with Crippen LogP contribution < -0.4 is 5.32 Å². The zero-order valence-electron chi connectivity index (χ0n) is 13.2. The smallest absolute Gasteiger partial charge is 0.310 e. The zero-order chi connectivity index (χ0) is 17.6. The van der Waals surface area contributed by atoms with Crippen LogP contribution in [0.15, 0.2) is 59.3 Å². The van der Waals surface area contributed by atoms with Crippen LogP contribution in [0.3, 0.4) is 0 Å². The van der Waals surface area contributed by atoms with E-state index in [2.05, 4.69) is 5.32 Å². The maximum atomic E-state index is 12.1. The minimum Gasteiger partial charge on any atom is -0.461 e. The second kappa shape index (κ2) is 8.39. The normalized spacial score (nSPS) is 10.5. The van der Waals surface area contributed by atoms with Gasteiger partial charge in [-0.15, -0.1) is 11.3 Å². The average Bonchev–Trinajstić information content (AvgIpc) is 3.04. The van der Waals surface area contributed by atoms with E-state index in [4.69, 9.17) is 27.9 Å². The molecule has 0 radical (unpaired) electrons. The van der Waals surface area contributed by atoms with Crippen molar-refractivity contribution in [1.29, 1.82) is 0 Å². The third-order valence-corrected chi connectivity index (χ3v) is 4.87. The Labute approximate surface area is 160 Å². The molecule has 0 spiro atoms. The van der Waals surface area contributed by atoms with Gasteiger partial charge in [-0.2, -0.15) is 0 Å². The predicted octanol–water partition coefficient (Wildman–Crippen LogP) is 6.08. The minimum atomic E-state index is -0.275. The Balaban J connectivity index is 1.63. The first-order valence-corrected chi connectivity index (χ1v) is 9.28. The number of carbonyl (C=O) groups is 1. The molecule has 128 valence electrons. The summed E-state index contributed by atoms with van der Waals surface area (Å²) in [4.78, 5) is 12.1. The van der Waals surface area contributed by atoms with Crippen molar-refractivity contribution in [3.8, 4) is 0 Å². The molecule has 0 aliphatic rings. The first-order chi connectivity index (χ1) is 12.1. The Bertz CT molecular complexity index is 865. The van der Waals surface area contributed by atoms with Crippen molar-refractivity contribution in [3.05, 3.63) is 80.5 Å². The van der Waals surface area contributed by atoms with E-state index in [0.29, 0.717) is 15.7 Å². The fourth-order valence-corrected chi connectivity index (χ4v) is 3.38. The standard InChI is InChI=1S/C19H15Cl2NO2S/c20-15-6-7-16(21)17(9-15)22-18-12-25-11-14(18)8-19(23)24-10-13-4-2-1-3-5-13/h1-7,9,11-12,22H,8,10H2. The van der Waals surface area contributed by atoms with Crippen molar-refractivity contribution in [2.24, 2.45) is 0 Å². The third kappa shape index (κ3) is 4.98. The van der Waals surface area contributed by atoms with Crippen LogP contribution in [0.5, 0.6) is 0 Å². The van der Waals surface area contributed by atoms with E-state index in [1.807, 2.05) is 41.1 Å². The van der Waals surface area contributed by atoms with Crippen molar-refractivity contribution in [2.45, 2.75) is 13.0 Å². The van der Waals surface area contributed by atoms with E-state index in [1.165, 1.54) is 11.3 Å². The van der Waals surface area contributed by atoms with Gasteiger partial charge in [0.15, 0.2) is 0 Å². The van der Waals surface area contributed by atoms with Crippen LogP contribution in [-0.2, 0) is 22.6 Å². The number of hydrogen-bond acceptors (Lipinski definition) is 4. The molecule has 1 N–H and O–H groups in total. The van der Waals surface area contributed by atoms with Crippen molar-refractivity contribution in [1.82, 2.24) is 0 Å². The van der Waals surface area contributed by atoms with E-state index in [1.54, 1.807) is 18.2 Å². The van der Waals surface area contributed by atoms with Gasteiger partial charge >= 0.3 is 5.97 Å². The Morgan fingerprint density at radius 1 is 1.04 bits per heavy atom. The molecule has 0 saturated heterocycles. The van der Waals surface area contributed by atoms with Gasteiger partial charge in [-0.3, -0.25) is 4.79 Å². The largest absolute Gasteiger partial charge is 0.461 e. The van der Waals surface area contributed by atoms with Crippen LogP contribution >= 0.6 is 34.5 Å². The number of esters is 1. The molecular weight excluding hydrogens is 377 g/mol. The molecule has 0 fully saturated rings. The molecule has 3 rings (SSSR count). The van der Waals surface area contributed by atoms with Gasteiger partial charge in [0.25, 0.3) is 0 Å². The van der Waals surface area contributed by atoms with Gasteiger partial charge in [-0.1, -0.05) is 53.5 Å². The Kier molecular flexibility index (Phi) is 5.97. The maximum absolute atomic E-state index is 12.1. The van der Waals surface area contributed by atoms with Crippen molar-refractivity contribution < 1.29 is 9.53 Å². The number of nitrogens with one attached hydrogen (secondary N) is 1. The van der Waals surface area contributed by atoms with Crippen molar-refractivity contribution >= 4 is 51.9 Å². The second-order valence-corrected chi connectivity index (χ2v) is 6.97. The maximum Gasteiger partial charge on any atom is 0.310 e. The van der Waals surface area contributed by atoms with Crippen molar-refractivity contribution in [2.75, 3.05) is 5.32 Å². The Hall–Kier alpha value is -2.01. The molecule has 0 aliphatic carbocycles. The number of ether oxygens (including phenoxy) is 1.